The van der Waals surface area contributed by atoms with Crippen molar-refractivity contribution >= 4 is 11.8 Å². The lowest BCUT2D eigenvalue weighted by Gasteiger charge is -2.11. The highest BCUT2D eigenvalue weighted by molar-refractivity contribution is 5.92. The summed E-state index contributed by atoms with van der Waals surface area (Å²) in [5.74, 6) is -1.05. The number of amides is 2. The third-order valence-electron chi connectivity index (χ3n) is 3.23. The molecule has 7 nitrogen and oxygen atoms in total. The summed E-state index contributed by atoms with van der Waals surface area (Å²) < 4.78 is 14.0. The number of nitrogens with one attached hydrogen (secondary N) is 1. The number of hydrogen-bond donors (Lipinski definition) is 1. The van der Waals surface area contributed by atoms with E-state index in [0.717, 1.165) is 4.68 Å². The zero-order valence-electron chi connectivity index (χ0n) is 13.3. The van der Waals surface area contributed by atoms with Gasteiger partial charge in [0.25, 0.3) is 11.5 Å². The van der Waals surface area contributed by atoms with Crippen molar-refractivity contribution in [2.24, 2.45) is 0 Å². The van der Waals surface area contributed by atoms with E-state index in [0.29, 0.717) is 5.69 Å². The Morgan fingerprint density at radius 2 is 1.83 bits per heavy atom. The number of rotatable bonds is 5. The zero-order valence-corrected chi connectivity index (χ0v) is 13.3. The molecule has 0 aliphatic heterocycles. The molecule has 0 saturated carbocycles. The summed E-state index contributed by atoms with van der Waals surface area (Å²) in [5, 5.41) is 6.55. The van der Waals surface area contributed by atoms with Crippen LogP contribution in [-0.4, -0.2) is 47.1 Å². The van der Waals surface area contributed by atoms with E-state index in [-0.39, 0.29) is 24.6 Å². The van der Waals surface area contributed by atoms with E-state index >= 15 is 0 Å². The molecular formula is C16H17FN4O3. The van der Waals surface area contributed by atoms with Crippen LogP contribution in [0.25, 0.3) is 5.69 Å². The molecule has 1 heterocycles. The second kappa shape index (κ2) is 7.49. The van der Waals surface area contributed by atoms with Crippen LogP contribution in [0.5, 0.6) is 0 Å². The number of benzene rings is 1. The predicted octanol–water partition coefficient (Wildman–Crippen LogP) is 0.580. The van der Waals surface area contributed by atoms with Gasteiger partial charge >= 0.3 is 0 Å². The van der Waals surface area contributed by atoms with Gasteiger partial charge in [0.15, 0.2) is 0 Å². The lowest BCUT2D eigenvalue weighted by atomic mass is 10.3. The Hall–Kier alpha value is -3.03. The Kier molecular flexibility index (Phi) is 5.41. The minimum absolute atomic E-state index is 0.0243. The van der Waals surface area contributed by atoms with Crippen LogP contribution in [0.15, 0.2) is 41.2 Å². The maximum atomic E-state index is 13.0. The van der Waals surface area contributed by atoms with Crippen LogP contribution in [-0.2, 0) is 4.79 Å². The fraction of sp³-hybridized carbons (Fsp3) is 0.250. The number of carbonyl (C=O) groups excluding carboxylic acids is 2. The highest BCUT2D eigenvalue weighted by atomic mass is 19.1. The Labute approximate surface area is 137 Å². The SMILES string of the molecule is CN(C)C(=O)CCNC(=O)c1ccc(=O)n(-c2ccc(F)cc2)n1. The van der Waals surface area contributed by atoms with Gasteiger partial charge in [-0.15, -0.1) is 0 Å². The number of halogens is 1. The van der Waals surface area contributed by atoms with Crippen molar-refractivity contribution in [2.75, 3.05) is 20.6 Å². The van der Waals surface area contributed by atoms with Crippen molar-refractivity contribution in [3.8, 4) is 5.69 Å². The minimum atomic E-state index is -0.502. The van der Waals surface area contributed by atoms with Crippen molar-refractivity contribution in [3.63, 3.8) is 0 Å². The second-order valence-corrected chi connectivity index (χ2v) is 5.24. The molecule has 0 radical (unpaired) electrons. The van der Waals surface area contributed by atoms with Crippen LogP contribution >= 0.6 is 0 Å². The summed E-state index contributed by atoms with van der Waals surface area (Å²) in [6.07, 6.45) is 0.163. The molecule has 2 aromatic rings. The summed E-state index contributed by atoms with van der Waals surface area (Å²) in [7, 11) is 3.26. The molecule has 1 aromatic heterocycles. The summed E-state index contributed by atoms with van der Waals surface area (Å²) in [4.78, 5) is 36.8. The number of nitrogens with zero attached hydrogens (tertiary/aromatic N) is 3. The first-order valence-electron chi connectivity index (χ1n) is 7.23. The molecule has 24 heavy (non-hydrogen) atoms. The molecule has 0 fully saturated rings. The fourth-order valence-corrected chi connectivity index (χ4v) is 1.90. The first-order valence-corrected chi connectivity index (χ1v) is 7.23. The van der Waals surface area contributed by atoms with Crippen LogP contribution < -0.4 is 10.9 Å². The van der Waals surface area contributed by atoms with Gasteiger partial charge in [0.1, 0.15) is 11.5 Å². The molecule has 0 bridgehead atoms. The maximum Gasteiger partial charge on any atom is 0.271 e. The summed E-state index contributed by atoms with van der Waals surface area (Å²) in [6, 6.07) is 7.68. The van der Waals surface area contributed by atoms with E-state index in [1.54, 1.807) is 14.1 Å². The molecule has 0 aliphatic rings. The van der Waals surface area contributed by atoms with Crippen LogP contribution in [0.4, 0.5) is 4.39 Å². The standard InChI is InChI=1S/C16H17FN4O3/c1-20(2)14(22)9-10-18-16(24)13-7-8-15(23)21(19-13)12-5-3-11(17)4-6-12/h3-8H,9-10H2,1-2H3,(H,18,24). The highest BCUT2D eigenvalue weighted by Gasteiger charge is 2.11. The van der Waals surface area contributed by atoms with Gasteiger partial charge < -0.3 is 10.2 Å². The third kappa shape index (κ3) is 4.25. The molecule has 2 rings (SSSR count). The van der Waals surface area contributed by atoms with E-state index in [4.69, 9.17) is 0 Å². The van der Waals surface area contributed by atoms with E-state index in [1.165, 1.54) is 41.3 Å². The van der Waals surface area contributed by atoms with Gasteiger partial charge in [0, 0.05) is 33.1 Å². The van der Waals surface area contributed by atoms with Gasteiger partial charge in [0.05, 0.1) is 5.69 Å². The number of aromatic nitrogens is 2. The Morgan fingerprint density at radius 1 is 1.17 bits per heavy atom. The van der Waals surface area contributed by atoms with Crippen LogP contribution in [0, 0.1) is 5.82 Å². The first kappa shape index (κ1) is 17.3. The van der Waals surface area contributed by atoms with Gasteiger partial charge in [-0.25, -0.2) is 4.39 Å². The average Bonchev–Trinajstić information content (AvgIpc) is 2.55. The predicted molar refractivity (Wildman–Crippen MR) is 85.4 cm³/mol. The topological polar surface area (TPSA) is 84.3 Å². The van der Waals surface area contributed by atoms with Crippen LogP contribution in [0.1, 0.15) is 16.9 Å². The summed E-state index contributed by atoms with van der Waals surface area (Å²) in [6.45, 7) is 0.160. The fourth-order valence-electron chi connectivity index (χ4n) is 1.90. The van der Waals surface area contributed by atoms with E-state index in [2.05, 4.69) is 10.4 Å². The molecule has 2 amide bonds. The monoisotopic (exact) mass is 332 g/mol. The van der Waals surface area contributed by atoms with Gasteiger partial charge in [-0.05, 0) is 30.3 Å². The van der Waals surface area contributed by atoms with Crippen molar-refractivity contribution < 1.29 is 14.0 Å². The molecule has 0 atom stereocenters. The highest BCUT2D eigenvalue weighted by Crippen LogP contribution is 2.05. The molecule has 0 saturated heterocycles. The van der Waals surface area contributed by atoms with Crippen molar-refractivity contribution in [1.29, 1.82) is 0 Å². The van der Waals surface area contributed by atoms with E-state index in [1.807, 2.05) is 0 Å². The summed E-state index contributed by atoms with van der Waals surface area (Å²) in [5.41, 5.74) is -0.0731. The number of hydrogen-bond acceptors (Lipinski definition) is 4. The Balaban J connectivity index is 2.13. The zero-order chi connectivity index (χ0) is 17.7. The minimum Gasteiger partial charge on any atom is -0.350 e. The van der Waals surface area contributed by atoms with E-state index < -0.39 is 17.3 Å². The van der Waals surface area contributed by atoms with Gasteiger partial charge in [-0.2, -0.15) is 9.78 Å². The Morgan fingerprint density at radius 3 is 2.46 bits per heavy atom. The lowest BCUT2D eigenvalue weighted by Crippen LogP contribution is -2.32. The largest absolute Gasteiger partial charge is 0.350 e. The van der Waals surface area contributed by atoms with Crippen LogP contribution in [0.2, 0.25) is 0 Å². The van der Waals surface area contributed by atoms with Gasteiger partial charge in [-0.1, -0.05) is 0 Å². The lowest BCUT2D eigenvalue weighted by molar-refractivity contribution is -0.128. The third-order valence-corrected chi connectivity index (χ3v) is 3.23. The molecule has 0 unspecified atom stereocenters. The molecule has 0 aliphatic carbocycles. The van der Waals surface area contributed by atoms with E-state index in [9.17, 15) is 18.8 Å². The normalized spacial score (nSPS) is 10.3. The molecule has 0 spiro atoms. The van der Waals surface area contributed by atoms with Crippen molar-refractivity contribution in [2.45, 2.75) is 6.42 Å². The number of carbonyl (C=O) groups is 2. The maximum absolute atomic E-state index is 13.0. The van der Waals surface area contributed by atoms with Crippen molar-refractivity contribution in [3.05, 3.63) is 58.3 Å². The smallest absolute Gasteiger partial charge is 0.271 e. The quantitative estimate of drug-likeness (QED) is 0.868. The molecule has 1 N–H and O–H groups in total. The molecular weight excluding hydrogens is 315 g/mol. The average molecular weight is 332 g/mol. The molecule has 8 heteroatoms. The van der Waals surface area contributed by atoms with Crippen LogP contribution in [0.3, 0.4) is 0 Å². The first-order chi connectivity index (χ1) is 11.4. The van der Waals surface area contributed by atoms with Gasteiger partial charge in [-0.3, -0.25) is 14.4 Å². The van der Waals surface area contributed by atoms with Gasteiger partial charge in [0.2, 0.25) is 5.91 Å². The summed E-state index contributed by atoms with van der Waals surface area (Å²) >= 11 is 0. The second-order valence-electron chi connectivity index (χ2n) is 5.24. The Bertz CT molecular complexity index is 800. The molecule has 1 aromatic carbocycles. The van der Waals surface area contributed by atoms with Crippen molar-refractivity contribution in [1.82, 2.24) is 20.0 Å². The molecule has 126 valence electrons.